The molecular formula is C23H25ClN4O3. The monoisotopic (exact) mass is 440 g/mol. The van der Waals surface area contributed by atoms with Crippen molar-refractivity contribution in [2.24, 2.45) is 0 Å². The van der Waals surface area contributed by atoms with Gasteiger partial charge in [-0.25, -0.2) is 9.97 Å². The average Bonchev–Trinajstić information content (AvgIpc) is 3.31. The number of ether oxygens (including phenoxy) is 1. The zero-order valence-corrected chi connectivity index (χ0v) is 18.0. The maximum Gasteiger partial charge on any atom is 0.253 e. The Kier molecular flexibility index (Phi) is 6.53. The van der Waals surface area contributed by atoms with E-state index < -0.39 is 6.10 Å². The van der Waals surface area contributed by atoms with Crippen molar-refractivity contribution in [3.05, 3.63) is 65.3 Å². The van der Waals surface area contributed by atoms with Gasteiger partial charge in [0.15, 0.2) is 6.10 Å². The van der Waals surface area contributed by atoms with Crippen LogP contribution in [-0.2, 0) is 0 Å². The van der Waals surface area contributed by atoms with Gasteiger partial charge in [0.1, 0.15) is 5.82 Å². The number of amides is 1. The maximum absolute atomic E-state index is 12.9. The lowest BCUT2D eigenvalue weighted by atomic mass is 9.92. The second kappa shape index (κ2) is 9.49. The first kappa shape index (κ1) is 21.3. The summed E-state index contributed by atoms with van der Waals surface area (Å²) in [6.07, 6.45) is 7.47. The van der Waals surface area contributed by atoms with Crippen molar-refractivity contribution in [2.45, 2.75) is 50.9 Å². The molecule has 162 valence electrons. The predicted molar refractivity (Wildman–Crippen MR) is 118 cm³/mol. The first-order valence-electron chi connectivity index (χ1n) is 10.4. The van der Waals surface area contributed by atoms with Gasteiger partial charge < -0.3 is 20.1 Å². The van der Waals surface area contributed by atoms with Crippen molar-refractivity contribution >= 4 is 17.5 Å². The number of H-pyrrole nitrogens is 1. The van der Waals surface area contributed by atoms with Crippen LogP contribution in [0.15, 0.2) is 48.9 Å². The SMILES string of the molecule is CC(Oc1ncc(C(=O)N[C@@H]2CCCC[C@H]2O)cc1-c1ccc(Cl)cc1)c1ncc[nH]1. The number of aliphatic hydroxyl groups excluding tert-OH is 1. The largest absolute Gasteiger partial charge is 0.466 e. The van der Waals surface area contributed by atoms with E-state index in [1.165, 1.54) is 6.20 Å². The number of hydrogen-bond donors (Lipinski definition) is 3. The number of aromatic nitrogens is 3. The second-order valence-electron chi connectivity index (χ2n) is 7.75. The molecule has 3 atom stereocenters. The predicted octanol–water partition coefficient (Wildman–Crippen LogP) is 4.30. The highest BCUT2D eigenvalue weighted by Crippen LogP contribution is 2.32. The summed E-state index contributed by atoms with van der Waals surface area (Å²) in [6, 6.07) is 8.79. The third kappa shape index (κ3) is 5.06. The maximum atomic E-state index is 12.9. The number of imidazole rings is 1. The van der Waals surface area contributed by atoms with Crippen LogP contribution in [0.2, 0.25) is 5.02 Å². The molecule has 0 aliphatic heterocycles. The van der Waals surface area contributed by atoms with E-state index in [4.69, 9.17) is 16.3 Å². The summed E-state index contributed by atoms with van der Waals surface area (Å²) in [5.74, 6) is 0.803. The fourth-order valence-electron chi connectivity index (χ4n) is 3.76. The first-order chi connectivity index (χ1) is 15.0. The van der Waals surface area contributed by atoms with E-state index in [1.807, 2.05) is 19.1 Å². The quantitative estimate of drug-likeness (QED) is 0.530. The summed E-state index contributed by atoms with van der Waals surface area (Å²) in [6.45, 7) is 1.87. The number of rotatable bonds is 6. The molecule has 1 aliphatic rings. The van der Waals surface area contributed by atoms with Crippen molar-refractivity contribution in [1.82, 2.24) is 20.3 Å². The fraction of sp³-hybridized carbons (Fsp3) is 0.348. The Morgan fingerprint density at radius 2 is 2.03 bits per heavy atom. The summed E-state index contributed by atoms with van der Waals surface area (Å²) >= 11 is 6.05. The van der Waals surface area contributed by atoms with Crippen LogP contribution in [0.1, 0.15) is 54.9 Å². The molecule has 1 fully saturated rings. The molecule has 0 radical (unpaired) electrons. The van der Waals surface area contributed by atoms with E-state index in [-0.39, 0.29) is 18.1 Å². The summed E-state index contributed by atoms with van der Waals surface area (Å²) in [5, 5.41) is 13.7. The van der Waals surface area contributed by atoms with Gasteiger partial charge in [0, 0.05) is 29.2 Å². The molecule has 4 rings (SSSR count). The van der Waals surface area contributed by atoms with Crippen molar-refractivity contribution in [3.8, 4) is 17.0 Å². The summed E-state index contributed by atoms with van der Waals surface area (Å²) in [5.41, 5.74) is 1.90. The van der Waals surface area contributed by atoms with Crippen LogP contribution in [0.4, 0.5) is 0 Å². The van der Waals surface area contributed by atoms with Crippen molar-refractivity contribution in [1.29, 1.82) is 0 Å². The van der Waals surface area contributed by atoms with Gasteiger partial charge in [-0.05, 0) is 43.5 Å². The Morgan fingerprint density at radius 1 is 1.26 bits per heavy atom. The van der Waals surface area contributed by atoms with E-state index in [0.717, 1.165) is 24.8 Å². The van der Waals surface area contributed by atoms with Crippen molar-refractivity contribution < 1.29 is 14.6 Å². The number of hydrogen-bond acceptors (Lipinski definition) is 5. The molecular weight excluding hydrogens is 416 g/mol. The van der Waals surface area contributed by atoms with Crippen LogP contribution in [0.3, 0.4) is 0 Å². The number of halogens is 1. The van der Waals surface area contributed by atoms with Crippen LogP contribution >= 0.6 is 11.6 Å². The molecule has 1 aromatic carbocycles. The zero-order valence-electron chi connectivity index (χ0n) is 17.2. The number of carbonyl (C=O) groups is 1. The second-order valence-corrected chi connectivity index (χ2v) is 8.19. The van der Waals surface area contributed by atoms with E-state index in [1.54, 1.807) is 30.6 Å². The number of carbonyl (C=O) groups excluding carboxylic acids is 1. The van der Waals surface area contributed by atoms with Gasteiger partial charge in [0.25, 0.3) is 5.91 Å². The number of nitrogens with zero attached hydrogens (tertiary/aromatic N) is 2. The Labute approximate surface area is 185 Å². The highest BCUT2D eigenvalue weighted by atomic mass is 35.5. The molecule has 2 aromatic heterocycles. The van der Waals surface area contributed by atoms with E-state index in [2.05, 4.69) is 20.3 Å². The summed E-state index contributed by atoms with van der Waals surface area (Å²) in [7, 11) is 0. The average molecular weight is 441 g/mol. The van der Waals surface area contributed by atoms with E-state index in [9.17, 15) is 9.90 Å². The molecule has 3 N–H and O–H groups in total. The molecule has 0 spiro atoms. The minimum atomic E-state index is -0.516. The highest BCUT2D eigenvalue weighted by molar-refractivity contribution is 6.30. The minimum Gasteiger partial charge on any atom is -0.466 e. The molecule has 31 heavy (non-hydrogen) atoms. The van der Waals surface area contributed by atoms with Gasteiger partial charge in [0.05, 0.1) is 17.7 Å². The molecule has 0 saturated heterocycles. The van der Waals surface area contributed by atoms with Crippen LogP contribution in [0, 0.1) is 0 Å². The number of benzene rings is 1. The number of aliphatic hydroxyl groups is 1. The zero-order chi connectivity index (χ0) is 21.8. The Morgan fingerprint density at radius 3 is 2.74 bits per heavy atom. The topological polar surface area (TPSA) is 100 Å². The van der Waals surface area contributed by atoms with E-state index in [0.29, 0.717) is 34.3 Å². The van der Waals surface area contributed by atoms with Gasteiger partial charge in [-0.1, -0.05) is 36.6 Å². The summed E-state index contributed by atoms with van der Waals surface area (Å²) < 4.78 is 6.07. The Balaban J connectivity index is 1.62. The van der Waals surface area contributed by atoms with Crippen LogP contribution < -0.4 is 10.1 Å². The van der Waals surface area contributed by atoms with Crippen molar-refractivity contribution in [3.63, 3.8) is 0 Å². The van der Waals surface area contributed by atoms with Crippen LogP contribution in [-0.4, -0.2) is 38.1 Å². The third-order valence-electron chi connectivity index (χ3n) is 5.51. The third-order valence-corrected chi connectivity index (χ3v) is 5.76. The standard InChI is InChI=1S/C23H25ClN4O3/c1-14(21-25-10-11-26-21)31-23-18(15-6-8-17(24)9-7-15)12-16(13-27-23)22(30)28-19-4-2-3-5-20(19)29/h6-14,19-20,29H,2-5H2,1H3,(H,25,26)(H,28,30)/t14?,19-,20-/m1/s1. The molecule has 1 amide bonds. The first-order valence-corrected chi connectivity index (χ1v) is 10.8. The lowest BCUT2D eigenvalue weighted by Crippen LogP contribution is -2.45. The molecule has 1 unspecified atom stereocenters. The molecule has 1 saturated carbocycles. The number of pyridine rings is 1. The van der Waals surface area contributed by atoms with Crippen LogP contribution in [0.5, 0.6) is 5.88 Å². The molecule has 2 heterocycles. The summed E-state index contributed by atoms with van der Waals surface area (Å²) in [4.78, 5) is 24.6. The highest BCUT2D eigenvalue weighted by Gasteiger charge is 2.25. The molecule has 8 heteroatoms. The normalized spacial score (nSPS) is 19.6. The fourth-order valence-corrected chi connectivity index (χ4v) is 3.89. The van der Waals surface area contributed by atoms with Gasteiger partial charge in [-0.15, -0.1) is 0 Å². The Bertz CT molecular complexity index is 1020. The molecule has 0 bridgehead atoms. The van der Waals surface area contributed by atoms with Gasteiger partial charge in [0.2, 0.25) is 5.88 Å². The van der Waals surface area contributed by atoms with Gasteiger partial charge in [-0.2, -0.15) is 0 Å². The van der Waals surface area contributed by atoms with Crippen molar-refractivity contribution in [2.75, 3.05) is 0 Å². The van der Waals surface area contributed by atoms with E-state index >= 15 is 0 Å². The van der Waals surface area contributed by atoms with Gasteiger partial charge >= 0.3 is 0 Å². The molecule has 1 aliphatic carbocycles. The lowest BCUT2D eigenvalue weighted by Gasteiger charge is -2.28. The number of aromatic amines is 1. The van der Waals surface area contributed by atoms with Crippen LogP contribution in [0.25, 0.3) is 11.1 Å². The smallest absolute Gasteiger partial charge is 0.253 e. The van der Waals surface area contributed by atoms with Gasteiger partial charge in [-0.3, -0.25) is 4.79 Å². The number of nitrogens with one attached hydrogen (secondary N) is 2. The lowest BCUT2D eigenvalue weighted by molar-refractivity contribution is 0.0717. The Hall–Kier alpha value is -2.90. The minimum absolute atomic E-state index is 0.241. The molecule has 7 nitrogen and oxygen atoms in total. The molecule has 3 aromatic rings.